The first-order chi connectivity index (χ1) is 16.3. The van der Waals surface area contributed by atoms with E-state index in [0.29, 0.717) is 49.3 Å². The van der Waals surface area contributed by atoms with Crippen LogP contribution in [-0.2, 0) is 34.8 Å². The molecule has 9 nitrogen and oxygen atoms in total. The number of nitrogens with zero attached hydrogens (tertiary/aromatic N) is 3. The molecule has 3 aromatic rings. The van der Waals surface area contributed by atoms with Crippen molar-refractivity contribution in [2.24, 2.45) is 20.0 Å². The molecule has 0 bridgehead atoms. The number of rotatable bonds is 6. The first-order valence-corrected chi connectivity index (χ1v) is 12.2. The molecule has 10 heteroatoms. The number of hydrogen-bond donors (Lipinski definition) is 1. The number of nitrogens with one attached hydrogen (secondary N) is 1. The molecule has 1 aliphatic heterocycles. The van der Waals surface area contributed by atoms with Gasteiger partial charge in [0, 0.05) is 32.1 Å². The van der Waals surface area contributed by atoms with E-state index < -0.39 is 11.1 Å². The van der Waals surface area contributed by atoms with E-state index >= 15 is 0 Å². The zero-order chi connectivity index (χ0) is 24.4. The average Bonchev–Trinajstić information content (AvgIpc) is 3.34. The van der Waals surface area contributed by atoms with Gasteiger partial charge in [0.05, 0.1) is 41.4 Å². The minimum absolute atomic E-state index is 0.154. The number of esters is 1. The van der Waals surface area contributed by atoms with E-state index in [9.17, 15) is 19.2 Å². The Balaban J connectivity index is 1.71. The Morgan fingerprint density at radius 1 is 1.09 bits per heavy atom. The van der Waals surface area contributed by atoms with Gasteiger partial charge in [-0.2, -0.15) is 0 Å². The lowest BCUT2D eigenvalue weighted by atomic mass is 9.96. The number of carbonyl (C=O) groups is 2. The molecule has 180 valence electrons. The summed E-state index contributed by atoms with van der Waals surface area (Å²) in [5.41, 5.74) is 1.21. The van der Waals surface area contributed by atoms with Gasteiger partial charge in [0.25, 0.3) is 0 Å². The fourth-order valence-corrected chi connectivity index (χ4v) is 5.06. The van der Waals surface area contributed by atoms with E-state index in [-0.39, 0.29) is 24.2 Å². The van der Waals surface area contributed by atoms with Crippen LogP contribution in [0.15, 0.2) is 39.2 Å². The minimum atomic E-state index is -0.631. The van der Waals surface area contributed by atoms with Crippen LogP contribution in [0.2, 0.25) is 0 Å². The monoisotopic (exact) mass is 484 g/mol. The molecule has 3 heterocycles. The van der Waals surface area contributed by atoms with Crippen molar-refractivity contribution in [2.45, 2.75) is 26.2 Å². The third-order valence-corrected chi connectivity index (χ3v) is 7.13. The van der Waals surface area contributed by atoms with E-state index in [1.54, 1.807) is 27.1 Å². The lowest BCUT2D eigenvalue weighted by Crippen LogP contribution is -2.40. The summed E-state index contributed by atoms with van der Waals surface area (Å²) >= 11 is 1.51. The summed E-state index contributed by atoms with van der Waals surface area (Å²) in [5, 5.41) is 4.93. The maximum absolute atomic E-state index is 12.8. The van der Waals surface area contributed by atoms with Gasteiger partial charge < -0.3 is 24.1 Å². The maximum Gasteiger partial charge on any atom is 0.316 e. The molecule has 1 amide bonds. The summed E-state index contributed by atoms with van der Waals surface area (Å²) in [6.07, 6.45) is 1.50. The van der Waals surface area contributed by atoms with Crippen molar-refractivity contribution in [1.29, 1.82) is 0 Å². The first kappa shape index (κ1) is 23.7. The molecule has 1 N–H and O–H groups in total. The van der Waals surface area contributed by atoms with Gasteiger partial charge in [-0.05, 0) is 43.3 Å². The summed E-state index contributed by atoms with van der Waals surface area (Å²) in [6.45, 7) is 3.35. The van der Waals surface area contributed by atoms with Crippen molar-refractivity contribution in [3.63, 3.8) is 0 Å². The summed E-state index contributed by atoms with van der Waals surface area (Å²) < 4.78 is 7.82. The smallest absolute Gasteiger partial charge is 0.316 e. The Labute approximate surface area is 200 Å². The van der Waals surface area contributed by atoms with E-state index in [2.05, 4.69) is 10.2 Å². The number of aryl methyl sites for hydroxylation is 2. The molecule has 0 radical (unpaired) electrons. The predicted octanol–water partition coefficient (Wildman–Crippen LogP) is 2.26. The standard InChI is InChI=1S/C24H28N4O5S/c1-4-33-24(32)15-7-9-28(10-8-15)18-14-20-19(26(2)22(30)23(31)27(20)3)13-17(18)25-21(29)12-16-6-5-11-34-16/h5-6,11,13-15H,4,7-10,12H2,1-3H3,(H,25,29). The van der Waals surface area contributed by atoms with E-state index in [4.69, 9.17) is 4.74 Å². The Morgan fingerprint density at radius 3 is 2.32 bits per heavy atom. The van der Waals surface area contributed by atoms with Crippen LogP contribution in [0, 0.1) is 5.92 Å². The number of carbonyl (C=O) groups excluding carboxylic acids is 2. The molecule has 1 aliphatic rings. The second-order valence-electron chi connectivity index (χ2n) is 8.40. The highest BCUT2D eigenvalue weighted by atomic mass is 32.1. The lowest BCUT2D eigenvalue weighted by Gasteiger charge is -2.34. The van der Waals surface area contributed by atoms with Crippen LogP contribution in [0.4, 0.5) is 11.4 Å². The number of anilines is 2. The Hall–Kier alpha value is -3.40. The van der Waals surface area contributed by atoms with Crippen LogP contribution in [0.1, 0.15) is 24.6 Å². The summed E-state index contributed by atoms with van der Waals surface area (Å²) in [7, 11) is 3.12. The van der Waals surface area contributed by atoms with Crippen LogP contribution in [0.5, 0.6) is 0 Å². The highest BCUT2D eigenvalue weighted by molar-refractivity contribution is 7.10. The number of aromatic nitrogens is 2. The topological polar surface area (TPSA) is 103 Å². The lowest BCUT2D eigenvalue weighted by molar-refractivity contribution is -0.148. The number of hydrogen-bond acceptors (Lipinski definition) is 7. The molecule has 0 atom stereocenters. The third kappa shape index (κ3) is 4.63. The van der Waals surface area contributed by atoms with Gasteiger partial charge in [0.2, 0.25) is 5.91 Å². The van der Waals surface area contributed by atoms with Gasteiger partial charge in [0.15, 0.2) is 0 Å². The minimum Gasteiger partial charge on any atom is -0.466 e. The van der Waals surface area contributed by atoms with Gasteiger partial charge in [-0.15, -0.1) is 11.3 Å². The van der Waals surface area contributed by atoms with Crippen LogP contribution in [-0.4, -0.2) is 40.7 Å². The quantitative estimate of drug-likeness (QED) is 0.425. The number of thiophene rings is 1. The number of fused-ring (bicyclic) bond motifs is 1. The molecule has 1 saturated heterocycles. The molecule has 0 aliphatic carbocycles. The van der Waals surface area contributed by atoms with Crippen molar-refractivity contribution in [3.05, 3.63) is 55.2 Å². The Kier molecular flexibility index (Phi) is 6.87. The Bertz CT molecular complexity index is 1330. The normalized spacial score (nSPS) is 14.4. The zero-order valence-corrected chi connectivity index (χ0v) is 20.3. The summed E-state index contributed by atoms with van der Waals surface area (Å²) in [6, 6.07) is 7.39. The van der Waals surface area contributed by atoms with Crippen molar-refractivity contribution in [1.82, 2.24) is 9.13 Å². The summed E-state index contributed by atoms with van der Waals surface area (Å²) in [4.78, 5) is 52.8. The molecular formula is C24H28N4O5S. The fourth-order valence-electron chi connectivity index (χ4n) is 4.35. The highest BCUT2D eigenvalue weighted by Crippen LogP contribution is 2.34. The fraction of sp³-hybridized carbons (Fsp3) is 0.417. The summed E-state index contributed by atoms with van der Waals surface area (Å²) in [5.74, 6) is -0.500. The highest BCUT2D eigenvalue weighted by Gasteiger charge is 2.28. The molecule has 2 aromatic heterocycles. The van der Waals surface area contributed by atoms with Crippen LogP contribution in [0.3, 0.4) is 0 Å². The van der Waals surface area contributed by atoms with E-state index in [1.807, 2.05) is 23.6 Å². The molecule has 1 aromatic carbocycles. The first-order valence-electron chi connectivity index (χ1n) is 11.3. The van der Waals surface area contributed by atoms with Crippen molar-refractivity contribution < 1.29 is 14.3 Å². The number of piperidine rings is 1. The average molecular weight is 485 g/mol. The van der Waals surface area contributed by atoms with Crippen LogP contribution < -0.4 is 21.3 Å². The molecule has 4 rings (SSSR count). The molecule has 0 spiro atoms. The molecule has 0 saturated carbocycles. The predicted molar refractivity (Wildman–Crippen MR) is 133 cm³/mol. The molecule has 1 fully saturated rings. The van der Waals surface area contributed by atoms with Crippen LogP contribution >= 0.6 is 11.3 Å². The third-order valence-electron chi connectivity index (χ3n) is 6.25. The number of amides is 1. The van der Waals surface area contributed by atoms with Gasteiger partial charge in [-0.3, -0.25) is 19.2 Å². The second kappa shape index (κ2) is 9.84. The SMILES string of the molecule is CCOC(=O)C1CCN(c2cc3c(cc2NC(=O)Cc2cccs2)n(C)c(=O)c(=O)n3C)CC1. The van der Waals surface area contributed by atoms with Gasteiger partial charge >= 0.3 is 17.1 Å². The molecular weight excluding hydrogens is 456 g/mol. The second-order valence-corrected chi connectivity index (χ2v) is 9.44. The van der Waals surface area contributed by atoms with E-state index in [0.717, 1.165) is 10.6 Å². The van der Waals surface area contributed by atoms with Gasteiger partial charge in [-0.25, -0.2) is 0 Å². The van der Waals surface area contributed by atoms with Crippen molar-refractivity contribution in [3.8, 4) is 0 Å². The van der Waals surface area contributed by atoms with Crippen molar-refractivity contribution >= 4 is 45.6 Å². The van der Waals surface area contributed by atoms with Gasteiger partial charge in [-0.1, -0.05) is 6.07 Å². The maximum atomic E-state index is 12.8. The molecule has 0 unspecified atom stereocenters. The van der Waals surface area contributed by atoms with Gasteiger partial charge in [0.1, 0.15) is 0 Å². The Morgan fingerprint density at radius 2 is 1.74 bits per heavy atom. The number of benzene rings is 1. The van der Waals surface area contributed by atoms with Crippen molar-refractivity contribution in [2.75, 3.05) is 29.9 Å². The largest absolute Gasteiger partial charge is 0.466 e. The van der Waals surface area contributed by atoms with Crippen LogP contribution in [0.25, 0.3) is 11.0 Å². The van der Waals surface area contributed by atoms with E-state index in [1.165, 1.54) is 20.5 Å². The zero-order valence-electron chi connectivity index (χ0n) is 19.5. The molecule has 34 heavy (non-hydrogen) atoms. The number of ether oxygens (including phenoxy) is 1.